The summed E-state index contributed by atoms with van der Waals surface area (Å²) in [6, 6.07) is 11.3. The molecule has 0 fully saturated rings. The number of carbonyl (C=O) groups is 1. The lowest BCUT2D eigenvalue weighted by Gasteiger charge is -2.23. The smallest absolute Gasteiger partial charge is 0.254 e. The molecule has 7 heteroatoms. The van der Waals surface area contributed by atoms with Crippen molar-refractivity contribution in [2.24, 2.45) is 0 Å². The summed E-state index contributed by atoms with van der Waals surface area (Å²) in [6.07, 6.45) is 2.40. The van der Waals surface area contributed by atoms with Gasteiger partial charge in [0.05, 0.1) is 32.6 Å². The highest BCUT2D eigenvalue weighted by molar-refractivity contribution is 7.09. The zero-order chi connectivity index (χ0) is 22.1. The number of hydrogen-bond donors (Lipinski definition) is 0. The van der Waals surface area contributed by atoms with Gasteiger partial charge in [-0.05, 0) is 62.9 Å². The Labute approximate surface area is 187 Å². The van der Waals surface area contributed by atoms with Gasteiger partial charge in [0, 0.05) is 17.0 Å². The molecule has 6 nitrogen and oxygen atoms in total. The van der Waals surface area contributed by atoms with Crippen LogP contribution in [0.25, 0.3) is 0 Å². The Morgan fingerprint density at radius 1 is 1.00 bits per heavy atom. The molecule has 3 aromatic rings. The summed E-state index contributed by atoms with van der Waals surface area (Å²) in [5.74, 6) is 2.17. The Kier molecular flexibility index (Phi) is 8.41. The standard InChI is InChI=1S/C24H29NO5S/c1-4-27-21-15-18(16-22(28-5-2)23(21)29-6-3)24(26)25(17-19-9-7-13-30-19)12-11-20-10-8-14-31-20/h7-10,13-16H,4-6,11-12,17H2,1-3H3. The third-order valence-corrected chi connectivity index (χ3v) is 5.51. The summed E-state index contributed by atoms with van der Waals surface area (Å²) in [7, 11) is 0. The molecular formula is C24H29NO5S. The van der Waals surface area contributed by atoms with E-state index >= 15 is 0 Å². The molecule has 2 aromatic heterocycles. The van der Waals surface area contributed by atoms with Gasteiger partial charge in [-0.15, -0.1) is 11.3 Å². The van der Waals surface area contributed by atoms with Crippen LogP contribution in [0.15, 0.2) is 52.5 Å². The predicted molar refractivity (Wildman–Crippen MR) is 121 cm³/mol. The zero-order valence-electron chi connectivity index (χ0n) is 18.3. The van der Waals surface area contributed by atoms with Crippen LogP contribution in [0, 0.1) is 0 Å². The maximum Gasteiger partial charge on any atom is 0.254 e. The fourth-order valence-electron chi connectivity index (χ4n) is 3.24. The Morgan fingerprint density at radius 2 is 1.71 bits per heavy atom. The minimum absolute atomic E-state index is 0.113. The predicted octanol–water partition coefficient (Wildman–Crippen LogP) is 5.42. The van der Waals surface area contributed by atoms with Crippen molar-refractivity contribution in [2.45, 2.75) is 33.7 Å². The largest absolute Gasteiger partial charge is 0.490 e. The van der Waals surface area contributed by atoms with Gasteiger partial charge in [0.25, 0.3) is 5.91 Å². The molecule has 0 aliphatic carbocycles. The van der Waals surface area contributed by atoms with Gasteiger partial charge in [0.2, 0.25) is 5.75 Å². The highest BCUT2D eigenvalue weighted by Crippen LogP contribution is 2.39. The van der Waals surface area contributed by atoms with Crippen molar-refractivity contribution in [2.75, 3.05) is 26.4 Å². The van der Waals surface area contributed by atoms with E-state index in [0.29, 0.717) is 55.7 Å². The first-order valence-electron chi connectivity index (χ1n) is 10.6. The van der Waals surface area contributed by atoms with Crippen molar-refractivity contribution in [1.82, 2.24) is 4.90 Å². The topological polar surface area (TPSA) is 61.1 Å². The summed E-state index contributed by atoms with van der Waals surface area (Å²) >= 11 is 1.69. The van der Waals surface area contributed by atoms with Crippen LogP contribution in [0.4, 0.5) is 0 Å². The van der Waals surface area contributed by atoms with Gasteiger partial charge in [0.15, 0.2) is 11.5 Å². The first-order chi connectivity index (χ1) is 15.2. The molecule has 31 heavy (non-hydrogen) atoms. The molecule has 0 radical (unpaired) electrons. The van der Waals surface area contributed by atoms with Gasteiger partial charge in [-0.2, -0.15) is 0 Å². The highest BCUT2D eigenvalue weighted by atomic mass is 32.1. The second-order valence-corrected chi connectivity index (χ2v) is 7.77. The summed E-state index contributed by atoms with van der Waals surface area (Å²) < 4.78 is 22.8. The quantitative estimate of drug-likeness (QED) is 0.374. The van der Waals surface area contributed by atoms with Gasteiger partial charge in [-0.1, -0.05) is 6.07 Å². The molecule has 166 valence electrons. The Hall–Kier alpha value is -2.93. The van der Waals surface area contributed by atoms with E-state index < -0.39 is 0 Å². The minimum atomic E-state index is -0.113. The molecule has 0 saturated heterocycles. The average molecular weight is 444 g/mol. The van der Waals surface area contributed by atoms with E-state index in [9.17, 15) is 4.79 Å². The molecule has 0 N–H and O–H groups in total. The fourth-order valence-corrected chi connectivity index (χ4v) is 3.94. The maximum absolute atomic E-state index is 13.5. The molecule has 1 aromatic carbocycles. The van der Waals surface area contributed by atoms with Crippen LogP contribution >= 0.6 is 11.3 Å². The third-order valence-electron chi connectivity index (χ3n) is 4.58. The number of ether oxygens (including phenoxy) is 3. The monoisotopic (exact) mass is 443 g/mol. The van der Waals surface area contributed by atoms with Gasteiger partial charge >= 0.3 is 0 Å². The lowest BCUT2D eigenvalue weighted by atomic mass is 10.1. The molecule has 3 rings (SSSR count). The molecular weight excluding hydrogens is 414 g/mol. The van der Waals surface area contributed by atoms with Gasteiger partial charge in [0.1, 0.15) is 5.76 Å². The van der Waals surface area contributed by atoms with Crippen LogP contribution < -0.4 is 14.2 Å². The average Bonchev–Trinajstić information content (AvgIpc) is 3.47. The van der Waals surface area contributed by atoms with Crippen LogP contribution in [-0.2, 0) is 13.0 Å². The number of hydrogen-bond acceptors (Lipinski definition) is 6. The number of carbonyl (C=O) groups excluding carboxylic acids is 1. The summed E-state index contributed by atoms with van der Waals surface area (Å²) in [5.41, 5.74) is 0.494. The molecule has 0 aliphatic rings. The number of thiophene rings is 1. The number of amides is 1. The van der Waals surface area contributed by atoms with Gasteiger partial charge in [-0.3, -0.25) is 4.79 Å². The second kappa shape index (κ2) is 11.5. The van der Waals surface area contributed by atoms with Crippen molar-refractivity contribution in [3.05, 3.63) is 64.2 Å². The third kappa shape index (κ3) is 6.04. The lowest BCUT2D eigenvalue weighted by Crippen LogP contribution is -2.32. The van der Waals surface area contributed by atoms with Crippen molar-refractivity contribution in [3.63, 3.8) is 0 Å². The molecule has 2 heterocycles. The number of furan rings is 1. The van der Waals surface area contributed by atoms with Crippen LogP contribution in [0.5, 0.6) is 17.2 Å². The first kappa shape index (κ1) is 22.7. The van der Waals surface area contributed by atoms with E-state index in [-0.39, 0.29) is 5.91 Å². The molecule has 0 atom stereocenters. The normalized spacial score (nSPS) is 10.7. The lowest BCUT2D eigenvalue weighted by molar-refractivity contribution is 0.0732. The van der Waals surface area contributed by atoms with E-state index in [1.54, 1.807) is 34.6 Å². The molecule has 0 spiro atoms. The van der Waals surface area contributed by atoms with Gasteiger partial charge < -0.3 is 23.5 Å². The van der Waals surface area contributed by atoms with Crippen LogP contribution in [-0.4, -0.2) is 37.2 Å². The summed E-state index contributed by atoms with van der Waals surface area (Å²) in [4.78, 5) is 16.6. The van der Waals surface area contributed by atoms with E-state index in [0.717, 1.165) is 12.2 Å². The van der Waals surface area contributed by atoms with Gasteiger partial charge in [-0.25, -0.2) is 0 Å². The zero-order valence-corrected chi connectivity index (χ0v) is 19.1. The maximum atomic E-state index is 13.5. The fraction of sp³-hybridized carbons (Fsp3) is 0.375. The first-order valence-corrected chi connectivity index (χ1v) is 11.4. The molecule has 0 saturated carbocycles. The second-order valence-electron chi connectivity index (χ2n) is 6.74. The SMILES string of the molecule is CCOc1cc(C(=O)N(CCc2cccs2)Cc2ccco2)cc(OCC)c1OCC. The van der Waals surface area contributed by atoms with Crippen LogP contribution in [0.3, 0.4) is 0 Å². The van der Waals surface area contributed by atoms with Crippen LogP contribution in [0.2, 0.25) is 0 Å². The number of benzene rings is 1. The molecule has 0 aliphatic heterocycles. The molecule has 0 unspecified atom stereocenters. The van der Waals surface area contributed by atoms with Crippen LogP contribution in [0.1, 0.15) is 41.8 Å². The van der Waals surface area contributed by atoms with Crippen molar-refractivity contribution < 1.29 is 23.4 Å². The summed E-state index contributed by atoms with van der Waals surface area (Å²) in [6.45, 7) is 8.04. The van der Waals surface area contributed by atoms with E-state index in [1.165, 1.54) is 4.88 Å². The van der Waals surface area contributed by atoms with Crippen molar-refractivity contribution in [3.8, 4) is 17.2 Å². The number of rotatable bonds is 12. The minimum Gasteiger partial charge on any atom is -0.490 e. The Morgan fingerprint density at radius 3 is 2.26 bits per heavy atom. The number of nitrogens with zero attached hydrogens (tertiary/aromatic N) is 1. The van der Waals surface area contributed by atoms with E-state index in [4.69, 9.17) is 18.6 Å². The van der Waals surface area contributed by atoms with E-state index in [2.05, 4.69) is 6.07 Å². The highest BCUT2D eigenvalue weighted by Gasteiger charge is 2.23. The molecule has 0 bridgehead atoms. The van der Waals surface area contributed by atoms with E-state index in [1.807, 2.05) is 44.4 Å². The Bertz CT molecular complexity index is 910. The van der Waals surface area contributed by atoms with Crippen molar-refractivity contribution >= 4 is 17.2 Å². The van der Waals surface area contributed by atoms with Crippen molar-refractivity contribution in [1.29, 1.82) is 0 Å². The summed E-state index contributed by atoms with van der Waals surface area (Å²) in [5, 5.41) is 2.04. The Balaban J connectivity index is 1.92. The molecule has 1 amide bonds.